The standard InChI is InChI=1S/C20H31N3O2/c1-21-12-14-22(15-13-21)11-9-18-7-3-4-10-23(18)20(24)17-6-5-8-19(16-17)25-2/h5-6,8,16,18H,3-4,7,9-15H2,1-2H3. The Labute approximate surface area is 151 Å². The molecule has 3 rings (SSSR count). The van der Waals surface area contributed by atoms with Crippen molar-refractivity contribution in [1.82, 2.24) is 14.7 Å². The topological polar surface area (TPSA) is 36.0 Å². The van der Waals surface area contributed by atoms with Gasteiger partial charge in [-0.1, -0.05) is 6.07 Å². The molecule has 25 heavy (non-hydrogen) atoms. The van der Waals surface area contributed by atoms with Gasteiger partial charge >= 0.3 is 0 Å². The maximum atomic E-state index is 13.0. The third kappa shape index (κ3) is 4.73. The lowest BCUT2D eigenvalue weighted by Gasteiger charge is -2.38. The number of methoxy groups -OCH3 is 1. The van der Waals surface area contributed by atoms with E-state index in [4.69, 9.17) is 4.74 Å². The lowest BCUT2D eigenvalue weighted by atomic mass is 9.97. The molecule has 2 fully saturated rings. The fraction of sp³-hybridized carbons (Fsp3) is 0.650. The van der Waals surface area contributed by atoms with Gasteiger partial charge in [-0.2, -0.15) is 0 Å². The van der Waals surface area contributed by atoms with Crippen LogP contribution in [0, 0.1) is 0 Å². The van der Waals surface area contributed by atoms with E-state index in [9.17, 15) is 4.79 Å². The fourth-order valence-electron chi connectivity index (χ4n) is 3.89. The molecule has 2 heterocycles. The summed E-state index contributed by atoms with van der Waals surface area (Å²) < 4.78 is 5.27. The molecule has 0 aromatic heterocycles. The maximum Gasteiger partial charge on any atom is 0.254 e. The summed E-state index contributed by atoms with van der Waals surface area (Å²) in [6, 6.07) is 7.91. The summed E-state index contributed by atoms with van der Waals surface area (Å²) in [4.78, 5) is 20.1. The number of hydrogen-bond donors (Lipinski definition) is 0. The molecule has 2 aliphatic rings. The van der Waals surface area contributed by atoms with Crippen LogP contribution in [-0.4, -0.2) is 80.1 Å². The van der Waals surface area contributed by atoms with E-state index in [1.54, 1.807) is 7.11 Å². The summed E-state index contributed by atoms with van der Waals surface area (Å²) in [5, 5.41) is 0. The minimum Gasteiger partial charge on any atom is -0.497 e. The zero-order chi connectivity index (χ0) is 17.6. The third-order valence-corrected chi connectivity index (χ3v) is 5.58. The number of nitrogens with zero attached hydrogens (tertiary/aromatic N) is 3. The van der Waals surface area contributed by atoms with E-state index in [0.29, 0.717) is 6.04 Å². The Kier molecular flexibility index (Phi) is 6.32. The molecule has 2 aliphatic heterocycles. The zero-order valence-corrected chi connectivity index (χ0v) is 15.6. The van der Waals surface area contributed by atoms with Crippen LogP contribution >= 0.6 is 0 Å². The van der Waals surface area contributed by atoms with Crippen molar-refractivity contribution in [3.05, 3.63) is 29.8 Å². The van der Waals surface area contributed by atoms with Crippen LogP contribution in [0.3, 0.4) is 0 Å². The number of rotatable bonds is 5. The molecule has 0 spiro atoms. The summed E-state index contributed by atoms with van der Waals surface area (Å²) in [6.45, 7) is 6.57. The van der Waals surface area contributed by atoms with Crippen LogP contribution in [0.15, 0.2) is 24.3 Å². The van der Waals surface area contributed by atoms with Crippen LogP contribution in [-0.2, 0) is 0 Å². The Balaban J connectivity index is 1.60. The SMILES string of the molecule is COc1cccc(C(=O)N2CCCCC2CCN2CCN(C)CC2)c1. The van der Waals surface area contributed by atoms with Gasteiger partial charge in [0.25, 0.3) is 5.91 Å². The number of piperazine rings is 1. The molecule has 0 saturated carbocycles. The van der Waals surface area contributed by atoms with E-state index in [1.807, 2.05) is 24.3 Å². The largest absolute Gasteiger partial charge is 0.497 e. The van der Waals surface area contributed by atoms with Gasteiger partial charge in [-0.25, -0.2) is 0 Å². The molecule has 1 unspecified atom stereocenters. The van der Waals surface area contributed by atoms with Crippen LogP contribution in [0.25, 0.3) is 0 Å². The summed E-state index contributed by atoms with van der Waals surface area (Å²) in [5.41, 5.74) is 0.742. The van der Waals surface area contributed by atoms with Gasteiger partial charge in [0.15, 0.2) is 0 Å². The summed E-state index contributed by atoms with van der Waals surface area (Å²) in [5.74, 6) is 0.902. The minimum atomic E-state index is 0.155. The van der Waals surface area contributed by atoms with Gasteiger partial charge in [0, 0.05) is 50.9 Å². The van der Waals surface area contributed by atoms with Gasteiger partial charge < -0.3 is 19.4 Å². The summed E-state index contributed by atoms with van der Waals surface area (Å²) in [7, 11) is 3.83. The smallest absolute Gasteiger partial charge is 0.254 e. The Hall–Kier alpha value is -1.59. The van der Waals surface area contributed by atoms with Crippen LogP contribution in [0.1, 0.15) is 36.0 Å². The Morgan fingerprint density at radius 3 is 2.72 bits per heavy atom. The number of benzene rings is 1. The van der Waals surface area contributed by atoms with Crippen molar-refractivity contribution in [2.24, 2.45) is 0 Å². The first kappa shape index (κ1) is 18.2. The number of carbonyl (C=O) groups is 1. The van der Waals surface area contributed by atoms with Crippen molar-refractivity contribution in [3.63, 3.8) is 0 Å². The maximum absolute atomic E-state index is 13.0. The first-order chi connectivity index (χ1) is 12.2. The molecule has 5 heteroatoms. The van der Waals surface area contributed by atoms with Gasteiger partial charge in [0.05, 0.1) is 7.11 Å². The molecule has 2 saturated heterocycles. The molecule has 0 N–H and O–H groups in total. The molecule has 138 valence electrons. The molecule has 1 amide bonds. The molecular formula is C20H31N3O2. The highest BCUT2D eigenvalue weighted by atomic mass is 16.5. The van der Waals surface area contributed by atoms with Gasteiger partial charge in [0.1, 0.15) is 5.75 Å². The molecule has 1 aromatic rings. The molecular weight excluding hydrogens is 314 g/mol. The number of ether oxygens (including phenoxy) is 1. The number of hydrogen-bond acceptors (Lipinski definition) is 4. The predicted octanol–water partition coefficient (Wildman–Crippen LogP) is 2.33. The van der Waals surface area contributed by atoms with Gasteiger partial charge in [-0.05, 0) is 50.9 Å². The Bertz CT molecular complexity index is 570. The number of piperidine rings is 1. The summed E-state index contributed by atoms with van der Waals surface area (Å²) >= 11 is 0. The lowest BCUT2D eigenvalue weighted by Crippen LogP contribution is -2.48. The van der Waals surface area contributed by atoms with Crippen molar-refractivity contribution in [1.29, 1.82) is 0 Å². The first-order valence-electron chi connectivity index (χ1n) is 9.53. The monoisotopic (exact) mass is 345 g/mol. The average Bonchev–Trinajstić information content (AvgIpc) is 2.67. The molecule has 0 bridgehead atoms. The molecule has 0 aliphatic carbocycles. The molecule has 1 aromatic carbocycles. The zero-order valence-electron chi connectivity index (χ0n) is 15.6. The van der Waals surface area contributed by atoms with Gasteiger partial charge in [0.2, 0.25) is 0 Å². The van der Waals surface area contributed by atoms with Gasteiger partial charge in [-0.15, -0.1) is 0 Å². The molecule has 1 atom stereocenters. The highest BCUT2D eigenvalue weighted by Gasteiger charge is 2.28. The van der Waals surface area contributed by atoms with E-state index in [-0.39, 0.29) is 5.91 Å². The number of carbonyl (C=O) groups excluding carboxylic acids is 1. The Morgan fingerprint density at radius 1 is 1.16 bits per heavy atom. The van der Waals surface area contributed by atoms with Crippen molar-refractivity contribution in [2.75, 3.05) is 53.4 Å². The van der Waals surface area contributed by atoms with E-state index in [1.165, 1.54) is 6.42 Å². The predicted molar refractivity (Wildman–Crippen MR) is 100 cm³/mol. The number of amides is 1. The number of likely N-dealkylation sites (N-methyl/N-ethyl adjacent to an activating group) is 1. The minimum absolute atomic E-state index is 0.155. The average molecular weight is 345 g/mol. The van der Waals surface area contributed by atoms with Gasteiger partial charge in [-0.3, -0.25) is 4.79 Å². The summed E-state index contributed by atoms with van der Waals surface area (Å²) in [6.07, 6.45) is 4.55. The molecule has 5 nitrogen and oxygen atoms in total. The highest BCUT2D eigenvalue weighted by Crippen LogP contribution is 2.24. The van der Waals surface area contributed by atoms with Crippen molar-refractivity contribution in [2.45, 2.75) is 31.7 Å². The second-order valence-electron chi connectivity index (χ2n) is 7.31. The van der Waals surface area contributed by atoms with E-state index in [2.05, 4.69) is 21.7 Å². The lowest BCUT2D eigenvalue weighted by molar-refractivity contribution is 0.0569. The number of likely N-dealkylation sites (tertiary alicyclic amines) is 1. The first-order valence-corrected chi connectivity index (χ1v) is 9.53. The highest BCUT2D eigenvalue weighted by molar-refractivity contribution is 5.94. The van der Waals surface area contributed by atoms with Crippen LogP contribution in [0.2, 0.25) is 0 Å². The van der Waals surface area contributed by atoms with E-state index >= 15 is 0 Å². The van der Waals surface area contributed by atoms with Crippen molar-refractivity contribution in [3.8, 4) is 5.75 Å². The van der Waals surface area contributed by atoms with Crippen LogP contribution in [0.4, 0.5) is 0 Å². The third-order valence-electron chi connectivity index (χ3n) is 5.58. The van der Waals surface area contributed by atoms with Crippen LogP contribution < -0.4 is 4.74 Å². The van der Waals surface area contributed by atoms with E-state index < -0.39 is 0 Å². The van der Waals surface area contributed by atoms with Crippen molar-refractivity contribution >= 4 is 5.91 Å². The fourth-order valence-corrected chi connectivity index (χ4v) is 3.89. The Morgan fingerprint density at radius 2 is 1.96 bits per heavy atom. The molecule has 0 radical (unpaired) electrons. The quantitative estimate of drug-likeness (QED) is 0.821. The second-order valence-corrected chi connectivity index (χ2v) is 7.31. The van der Waals surface area contributed by atoms with Crippen LogP contribution in [0.5, 0.6) is 5.75 Å². The second kappa shape index (κ2) is 8.68. The van der Waals surface area contributed by atoms with Crippen molar-refractivity contribution < 1.29 is 9.53 Å². The normalized spacial score (nSPS) is 22.8. The van der Waals surface area contributed by atoms with E-state index in [0.717, 1.165) is 69.8 Å².